The number of aromatic nitrogens is 1. The van der Waals surface area contributed by atoms with E-state index < -0.39 is 5.97 Å². The average Bonchev–Trinajstić information content (AvgIpc) is 2.82. The van der Waals surface area contributed by atoms with Crippen molar-refractivity contribution >= 4 is 16.9 Å². The Bertz CT molecular complexity index is 759. The molecule has 0 saturated heterocycles. The minimum absolute atomic E-state index is 0.231. The zero-order chi connectivity index (χ0) is 13.4. The molecule has 0 spiro atoms. The van der Waals surface area contributed by atoms with Gasteiger partial charge in [-0.25, -0.2) is 9.18 Å². The minimum atomic E-state index is -0.964. The Kier molecular flexibility index (Phi) is 2.56. The van der Waals surface area contributed by atoms with Crippen molar-refractivity contribution in [3.05, 3.63) is 66.1 Å². The van der Waals surface area contributed by atoms with E-state index in [0.29, 0.717) is 0 Å². The van der Waals surface area contributed by atoms with Gasteiger partial charge < -0.3 is 9.67 Å². The second-order valence-corrected chi connectivity index (χ2v) is 4.24. The Hall–Kier alpha value is -2.62. The molecule has 1 aromatic heterocycles. The molecular weight excluding hydrogens is 245 g/mol. The third kappa shape index (κ3) is 1.97. The van der Waals surface area contributed by atoms with Crippen LogP contribution in [0.5, 0.6) is 0 Å². The number of aromatic carboxylic acids is 1. The van der Waals surface area contributed by atoms with E-state index in [4.69, 9.17) is 5.11 Å². The van der Waals surface area contributed by atoms with Crippen LogP contribution in [-0.4, -0.2) is 15.6 Å². The van der Waals surface area contributed by atoms with Crippen LogP contribution in [0.3, 0.4) is 0 Å². The molecule has 0 bridgehead atoms. The van der Waals surface area contributed by atoms with Crippen molar-refractivity contribution in [1.29, 1.82) is 0 Å². The number of carboxylic acid groups (broad SMARTS) is 1. The van der Waals surface area contributed by atoms with Gasteiger partial charge in [0.25, 0.3) is 0 Å². The summed E-state index contributed by atoms with van der Waals surface area (Å²) in [7, 11) is 0. The maximum Gasteiger partial charge on any atom is 0.335 e. The van der Waals surface area contributed by atoms with Gasteiger partial charge >= 0.3 is 5.97 Å². The monoisotopic (exact) mass is 255 g/mol. The van der Waals surface area contributed by atoms with E-state index in [2.05, 4.69) is 0 Å². The molecule has 0 amide bonds. The van der Waals surface area contributed by atoms with Crippen molar-refractivity contribution in [2.75, 3.05) is 0 Å². The van der Waals surface area contributed by atoms with Crippen LogP contribution in [0.15, 0.2) is 54.7 Å². The normalized spacial score (nSPS) is 10.8. The van der Waals surface area contributed by atoms with Gasteiger partial charge in [0.05, 0.1) is 11.1 Å². The highest BCUT2D eigenvalue weighted by atomic mass is 19.1. The second-order valence-electron chi connectivity index (χ2n) is 4.24. The van der Waals surface area contributed by atoms with Crippen LogP contribution in [0.1, 0.15) is 10.4 Å². The van der Waals surface area contributed by atoms with E-state index in [1.807, 2.05) is 16.8 Å². The van der Waals surface area contributed by atoms with Crippen LogP contribution in [0.2, 0.25) is 0 Å². The van der Waals surface area contributed by atoms with Gasteiger partial charge in [-0.15, -0.1) is 0 Å². The van der Waals surface area contributed by atoms with Gasteiger partial charge in [-0.2, -0.15) is 0 Å². The molecule has 3 nitrogen and oxygen atoms in total. The van der Waals surface area contributed by atoms with Crippen LogP contribution in [0, 0.1) is 5.82 Å². The van der Waals surface area contributed by atoms with Crippen molar-refractivity contribution in [2.24, 2.45) is 0 Å². The maximum atomic E-state index is 12.9. The van der Waals surface area contributed by atoms with Crippen molar-refractivity contribution in [3.8, 4) is 5.69 Å². The number of hydrogen-bond donors (Lipinski definition) is 1. The third-order valence-electron chi connectivity index (χ3n) is 3.04. The molecule has 1 heterocycles. The third-order valence-corrected chi connectivity index (χ3v) is 3.04. The topological polar surface area (TPSA) is 42.2 Å². The van der Waals surface area contributed by atoms with Crippen LogP contribution in [0.4, 0.5) is 4.39 Å². The smallest absolute Gasteiger partial charge is 0.335 e. The molecule has 0 unspecified atom stereocenters. The molecule has 94 valence electrons. The summed E-state index contributed by atoms with van der Waals surface area (Å²) < 4.78 is 14.8. The number of nitrogens with zero attached hydrogens (tertiary/aromatic N) is 1. The molecule has 19 heavy (non-hydrogen) atoms. The standard InChI is InChI=1S/C15H10FNO2/c16-12-3-5-13(6-4-12)17-8-7-10-1-2-11(15(18)19)9-14(10)17/h1-9H,(H,18,19). The van der Waals surface area contributed by atoms with Gasteiger partial charge in [0.15, 0.2) is 0 Å². The summed E-state index contributed by atoms with van der Waals surface area (Å²) in [5.74, 6) is -1.26. The molecule has 3 rings (SSSR count). The summed E-state index contributed by atoms with van der Waals surface area (Å²) in [5, 5.41) is 9.96. The first-order valence-corrected chi connectivity index (χ1v) is 5.75. The van der Waals surface area contributed by atoms with E-state index >= 15 is 0 Å². The summed E-state index contributed by atoms with van der Waals surface area (Å²) >= 11 is 0. The van der Waals surface area contributed by atoms with E-state index in [0.717, 1.165) is 16.6 Å². The lowest BCUT2D eigenvalue weighted by Gasteiger charge is -2.06. The van der Waals surface area contributed by atoms with Crippen molar-refractivity contribution in [3.63, 3.8) is 0 Å². The van der Waals surface area contributed by atoms with E-state index in [9.17, 15) is 9.18 Å². The van der Waals surface area contributed by atoms with Crippen molar-refractivity contribution < 1.29 is 14.3 Å². The molecule has 4 heteroatoms. The highest BCUT2D eigenvalue weighted by Crippen LogP contribution is 2.22. The quantitative estimate of drug-likeness (QED) is 0.761. The summed E-state index contributed by atoms with van der Waals surface area (Å²) in [6.07, 6.45) is 1.84. The summed E-state index contributed by atoms with van der Waals surface area (Å²) in [4.78, 5) is 11.0. The lowest BCUT2D eigenvalue weighted by molar-refractivity contribution is 0.0697. The Labute approximate surface area is 108 Å². The zero-order valence-corrected chi connectivity index (χ0v) is 9.88. The highest BCUT2D eigenvalue weighted by molar-refractivity contribution is 5.94. The Morgan fingerprint density at radius 1 is 1.05 bits per heavy atom. The minimum Gasteiger partial charge on any atom is -0.478 e. The number of carbonyl (C=O) groups is 1. The SMILES string of the molecule is O=C(O)c1ccc2ccn(-c3ccc(F)cc3)c2c1. The average molecular weight is 255 g/mol. The number of carboxylic acids is 1. The van der Waals surface area contributed by atoms with Gasteiger partial charge in [0.1, 0.15) is 5.82 Å². The molecule has 0 fully saturated rings. The fraction of sp³-hybridized carbons (Fsp3) is 0. The summed E-state index contributed by atoms with van der Waals surface area (Å²) in [6, 6.07) is 12.9. The number of rotatable bonds is 2. The fourth-order valence-corrected chi connectivity index (χ4v) is 2.09. The second kappa shape index (κ2) is 4.24. The van der Waals surface area contributed by atoms with Gasteiger partial charge in [-0.05, 0) is 47.9 Å². The van der Waals surface area contributed by atoms with Crippen molar-refractivity contribution in [1.82, 2.24) is 4.57 Å². The summed E-state index contributed by atoms with van der Waals surface area (Å²) in [6.45, 7) is 0. The summed E-state index contributed by atoms with van der Waals surface area (Å²) in [5.41, 5.74) is 1.81. The predicted octanol–water partition coefficient (Wildman–Crippen LogP) is 3.47. The van der Waals surface area contributed by atoms with Gasteiger partial charge in [-0.1, -0.05) is 6.07 Å². The lowest BCUT2D eigenvalue weighted by atomic mass is 10.1. The number of halogens is 1. The molecule has 3 aromatic rings. The lowest BCUT2D eigenvalue weighted by Crippen LogP contribution is -1.97. The van der Waals surface area contributed by atoms with E-state index in [1.165, 1.54) is 12.1 Å². The predicted molar refractivity (Wildman–Crippen MR) is 70.2 cm³/mol. The molecule has 1 N–H and O–H groups in total. The van der Waals surface area contributed by atoms with E-state index in [1.54, 1.807) is 30.3 Å². The molecule has 0 aliphatic rings. The fourth-order valence-electron chi connectivity index (χ4n) is 2.09. The molecule has 0 atom stereocenters. The van der Waals surface area contributed by atoms with Gasteiger partial charge in [0, 0.05) is 11.9 Å². The highest BCUT2D eigenvalue weighted by Gasteiger charge is 2.08. The van der Waals surface area contributed by atoms with Crippen molar-refractivity contribution in [2.45, 2.75) is 0 Å². The van der Waals surface area contributed by atoms with Gasteiger partial charge in [-0.3, -0.25) is 0 Å². The first kappa shape index (κ1) is 11.5. The van der Waals surface area contributed by atoms with Crippen LogP contribution in [-0.2, 0) is 0 Å². The number of hydrogen-bond acceptors (Lipinski definition) is 1. The first-order valence-electron chi connectivity index (χ1n) is 5.75. The molecule has 0 saturated carbocycles. The zero-order valence-electron chi connectivity index (χ0n) is 9.88. The van der Waals surface area contributed by atoms with E-state index in [-0.39, 0.29) is 11.4 Å². The molecule has 0 radical (unpaired) electrons. The molecule has 0 aliphatic carbocycles. The van der Waals surface area contributed by atoms with Crippen LogP contribution in [0.25, 0.3) is 16.6 Å². The molecular formula is C15H10FNO2. The number of fused-ring (bicyclic) bond motifs is 1. The van der Waals surface area contributed by atoms with Crippen LogP contribution >= 0.6 is 0 Å². The Morgan fingerprint density at radius 3 is 2.47 bits per heavy atom. The molecule has 2 aromatic carbocycles. The first-order chi connectivity index (χ1) is 9.15. The largest absolute Gasteiger partial charge is 0.478 e. The number of benzene rings is 2. The van der Waals surface area contributed by atoms with Crippen LogP contribution < -0.4 is 0 Å². The van der Waals surface area contributed by atoms with Gasteiger partial charge in [0.2, 0.25) is 0 Å². The maximum absolute atomic E-state index is 12.9. The Morgan fingerprint density at radius 2 is 1.79 bits per heavy atom. The Balaban J connectivity index is 2.21. The molecule has 0 aliphatic heterocycles.